The van der Waals surface area contributed by atoms with Gasteiger partial charge in [0.25, 0.3) is 0 Å². The Morgan fingerprint density at radius 2 is 2.05 bits per heavy atom. The van der Waals surface area contributed by atoms with Crippen molar-refractivity contribution in [3.63, 3.8) is 0 Å². The van der Waals surface area contributed by atoms with E-state index in [4.69, 9.17) is 5.73 Å². The van der Waals surface area contributed by atoms with E-state index >= 15 is 0 Å². The zero-order valence-electron chi connectivity index (χ0n) is 11.2. The van der Waals surface area contributed by atoms with E-state index in [1.54, 1.807) is 0 Å². The fourth-order valence-corrected chi connectivity index (χ4v) is 4.32. The monoisotopic (exact) mass is 280 g/mol. The minimum absolute atomic E-state index is 0.0656. The molecule has 1 atom stereocenters. The number of para-hydroxylation sites is 1. The van der Waals surface area contributed by atoms with Crippen molar-refractivity contribution in [1.29, 1.82) is 0 Å². The van der Waals surface area contributed by atoms with Gasteiger partial charge in [0.2, 0.25) is 0 Å². The third kappa shape index (κ3) is 1.86. The fourth-order valence-electron chi connectivity index (χ4n) is 3.04. The molecule has 0 saturated carbocycles. The lowest BCUT2D eigenvalue weighted by molar-refractivity contribution is 0.886. The van der Waals surface area contributed by atoms with Gasteiger partial charge in [-0.3, -0.25) is 4.98 Å². The summed E-state index contributed by atoms with van der Waals surface area (Å²) in [6.07, 6.45) is 5.58. The minimum atomic E-state index is -0.0656. The van der Waals surface area contributed by atoms with Crippen molar-refractivity contribution in [3.8, 4) is 0 Å². The molecule has 0 aliphatic heterocycles. The highest BCUT2D eigenvalue weighted by molar-refractivity contribution is 7.12. The van der Waals surface area contributed by atoms with Gasteiger partial charge in [0.15, 0.2) is 0 Å². The first-order valence-corrected chi connectivity index (χ1v) is 7.85. The first-order valence-electron chi connectivity index (χ1n) is 7.03. The van der Waals surface area contributed by atoms with Crippen molar-refractivity contribution in [1.82, 2.24) is 4.98 Å². The van der Waals surface area contributed by atoms with Gasteiger partial charge in [0.1, 0.15) is 0 Å². The van der Waals surface area contributed by atoms with Gasteiger partial charge in [-0.15, -0.1) is 11.3 Å². The molecule has 0 radical (unpaired) electrons. The molecule has 100 valence electrons. The molecule has 0 amide bonds. The molecule has 3 heteroatoms. The molecule has 1 unspecified atom stereocenters. The molecule has 1 aliphatic carbocycles. The summed E-state index contributed by atoms with van der Waals surface area (Å²) in [7, 11) is 0. The van der Waals surface area contributed by atoms with Crippen LogP contribution in [0.5, 0.6) is 0 Å². The number of rotatable bonds is 2. The number of aryl methyl sites for hydroxylation is 2. The summed E-state index contributed by atoms with van der Waals surface area (Å²) in [4.78, 5) is 7.32. The number of aromatic nitrogens is 1. The van der Waals surface area contributed by atoms with Crippen molar-refractivity contribution < 1.29 is 0 Å². The lowest BCUT2D eigenvalue weighted by atomic mass is 10.0. The summed E-state index contributed by atoms with van der Waals surface area (Å²) >= 11 is 1.88. The summed E-state index contributed by atoms with van der Waals surface area (Å²) in [5.74, 6) is 0. The van der Waals surface area contributed by atoms with Crippen LogP contribution < -0.4 is 5.73 Å². The SMILES string of the molecule is NC(c1cc2c(s1)CCC2)c1cccc2cccnc12. The molecule has 2 nitrogen and oxygen atoms in total. The summed E-state index contributed by atoms with van der Waals surface area (Å²) in [5, 5.41) is 1.16. The highest BCUT2D eigenvalue weighted by Crippen LogP contribution is 2.36. The minimum Gasteiger partial charge on any atom is -0.320 e. The van der Waals surface area contributed by atoms with Crippen LogP contribution in [0.1, 0.15) is 33.3 Å². The van der Waals surface area contributed by atoms with Crippen LogP contribution in [-0.2, 0) is 12.8 Å². The molecule has 0 bridgehead atoms. The van der Waals surface area contributed by atoms with Gasteiger partial charge in [-0.25, -0.2) is 0 Å². The molecule has 2 N–H and O–H groups in total. The van der Waals surface area contributed by atoms with E-state index in [1.165, 1.54) is 34.6 Å². The lowest BCUT2D eigenvalue weighted by Crippen LogP contribution is -2.11. The molecule has 20 heavy (non-hydrogen) atoms. The standard InChI is InChI=1S/C17H16N2S/c18-16(15-10-12-5-2-8-14(12)20-15)13-7-1-4-11-6-3-9-19-17(11)13/h1,3-4,6-7,9-10,16H,2,5,8,18H2. The molecular weight excluding hydrogens is 264 g/mol. The number of benzene rings is 1. The van der Waals surface area contributed by atoms with Gasteiger partial charge in [-0.2, -0.15) is 0 Å². The average molecular weight is 280 g/mol. The smallest absolute Gasteiger partial charge is 0.0753 e. The van der Waals surface area contributed by atoms with Crippen LogP contribution >= 0.6 is 11.3 Å². The van der Waals surface area contributed by atoms with E-state index in [2.05, 4.69) is 35.3 Å². The Bertz CT molecular complexity index is 749. The first-order chi connectivity index (χ1) is 9.83. The van der Waals surface area contributed by atoms with Gasteiger partial charge >= 0.3 is 0 Å². The van der Waals surface area contributed by atoms with Gasteiger partial charge in [-0.05, 0) is 37.0 Å². The predicted molar refractivity (Wildman–Crippen MR) is 84.1 cm³/mol. The number of nitrogens with two attached hydrogens (primary N) is 1. The topological polar surface area (TPSA) is 38.9 Å². The van der Waals surface area contributed by atoms with Gasteiger partial charge in [0.05, 0.1) is 11.6 Å². The Morgan fingerprint density at radius 1 is 1.15 bits per heavy atom. The summed E-state index contributed by atoms with van der Waals surface area (Å²) < 4.78 is 0. The molecule has 0 saturated heterocycles. The van der Waals surface area contributed by atoms with Crippen molar-refractivity contribution in [3.05, 3.63) is 63.5 Å². The largest absolute Gasteiger partial charge is 0.320 e. The Labute approximate surface area is 122 Å². The van der Waals surface area contributed by atoms with Crippen LogP contribution in [-0.4, -0.2) is 4.98 Å². The van der Waals surface area contributed by atoms with E-state index < -0.39 is 0 Å². The van der Waals surface area contributed by atoms with Crippen molar-refractivity contribution in [2.24, 2.45) is 5.73 Å². The van der Waals surface area contributed by atoms with Crippen LogP contribution in [0.4, 0.5) is 0 Å². The Balaban J connectivity index is 1.81. The van der Waals surface area contributed by atoms with Crippen LogP contribution in [0.15, 0.2) is 42.6 Å². The maximum Gasteiger partial charge on any atom is 0.0753 e. The quantitative estimate of drug-likeness (QED) is 0.774. The Morgan fingerprint density at radius 3 is 2.95 bits per heavy atom. The molecule has 4 rings (SSSR count). The maximum atomic E-state index is 6.51. The second kappa shape index (κ2) is 4.69. The van der Waals surface area contributed by atoms with Gasteiger partial charge < -0.3 is 5.73 Å². The highest BCUT2D eigenvalue weighted by atomic mass is 32.1. The summed E-state index contributed by atoms with van der Waals surface area (Å²) in [6, 6.07) is 12.6. The number of hydrogen-bond acceptors (Lipinski definition) is 3. The van der Waals surface area contributed by atoms with E-state index in [-0.39, 0.29) is 6.04 Å². The normalized spacial score (nSPS) is 15.4. The fraction of sp³-hybridized carbons (Fsp3) is 0.235. The zero-order valence-corrected chi connectivity index (χ0v) is 12.0. The maximum absolute atomic E-state index is 6.51. The van der Waals surface area contributed by atoms with E-state index in [0.717, 1.165) is 16.5 Å². The number of thiophene rings is 1. The van der Waals surface area contributed by atoms with E-state index in [1.807, 2.05) is 23.6 Å². The molecule has 0 spiro atoms. The van der Waals surface area contributed by atoms with E-state index in [0.29, 0.717) is 0 Å². The van der Waals surface area contributed by atoms with Crippen molar-refractivity contribution in [2.75, 3.05) is 0 Å². The number of fused-ring (bicyclic) bond motifs is 2. The van der Waals surface area contributed by atoms with Crippen molar-refractivity contribution >= 4 is 22.2 Å². The molecule has 2 aromatic heterocycles. The van der Waals surface area contributed by atoms with Crippen LogP contribution in [0.3, 0.4) is 0 Å². The van der Waals surface area contributed by atoms with Crippen LogP contribution in [0.25, 0.3) is 10.9 Å². The summed E-state index contributed by atoms with van der Waals surface area (Å²) in [6.45, 7) is 0. The highest BCUT2D eigenvalue weighted by Gasteiger charge is 2.20. The second-order valence-electron chi connectivity index (χ2n) is 5.35. The number of nitrogens with zero attached hydrogens (tertiary/aromatic N) is 1. The third-order valence-corrected chi connectivity index (χ3v) is 5.39. The number of hydrogen-bond donors (Lipinski definition) is 1. The molecule has 3 aromatic rings. The summed E-state index contributed by atoms with van der Waals surface area (Å²) in [5.41, 5.74) is 10.2. The van der Waals surface area contributed by atoms with Gasteiger partial charge in [0, 0.05) is 26.9 Å². The van der Waals surface area contributed by atoms with Crippen LogP contribution in [0, 0.1) is 0 Å². The molecule has 1 aromatic carbocycles. The predicted octanol–water partition coefficient (Wildman–Crippen LogP) is 3.83. The average Bonchev–Trinajstić information content (AvgIpc) is 3.07. The molecule has 1 aliphatic rings. The van der Waals surface area contributed by atoms with Crippen molar-refractivity contribution in [2.45, 2.75) is 25.3 Å². The number of pyridine rings is 1. The first kappa shape index (κ1) is 12.1. The molecule has 0 fully saturated rings. The zero-order chi connectivity index (χ0) is 13.5. The molecule has 2 heterocycles. The molecular formula is C17H16N2S. The second-order valence-corrected chi connectivity index (χ2v) is 6.52. The van der Waals surface area contributed by atoms with E-state index in [9.17, 15) is 0 Å². The Kier molecular flexibility index (Phi) is 2.83. The van der Waals surface area contributed by atoms with Gasteiger partial charge in [-0.1, -0.05) is 24.3 Å². The lowest BCUT2D eigenvalue weighted by Gasteiger charge is -2.12. The Hall–Kier alpha value is -1.71. The third-order valence-electron chi connectivity index (χ3n) is 4.07. The van der Waals surface area contributed by atoms with Crippen LogP contribution in [0.2, 0.25) is 0 Å².